The normalized spacial score (nSPS) is 10.9. The summed E-state index contributed by atoms with van der Waals surface area (Å²) < 4.78 is 0. The van der Waals surface area contributed by atoms with Crippen molar-refractivity contribution in [1.82, 2.24) is 10.3 Å². The fraction of sp³-hybridized carbons (Fsp3) is 0.417. The Balaban J connectivity index is 2.58. The lowest BCUT2D eigenvalue weighted by molar-refractivity contribution is -0.137. The van der Waals surface area contributed by atoms with Crippen LogP contribution in [0, 0.1) is 0 Å². The van der Waals surface area contributed by atoms with E-state index in [0.29, 0.717) is 12.1 Å². The maximum absolute atomic E-state index is 11.8. The van der Waals surface area contributed by atoms with E-state index in [2.05, 4.69) is 10.3 Å². The number of carbonyl (C=O) groups excluding carboxylic acids is 1. The smallest absolute Gasteiger partial charge is 0.303 e. The van der Waals surface area contributed by atoms with Gasteiger partial charge in [-0.3, -0.25) is 14.6 Å². The summed E-state index contributed by atoms with van der Waals surface area (Å²) in [6, 6.07) is 5.07. The van der Waals surface area contributed by atoms with E-state index in [1.54, 1.807) is 38.2 Å². The third kappa shape index (κ3) is 4.63. The number of nitrogens with zero attached hydrogens (tertiary/aromatic N) is 1. The predicted octanol–water partition coefficient (Wildman–Crippen LogP) is 1.45. The zero-order chi connectivity index (χ0) is 12.9. The van der Waals surface area contributed by atoms with Crippen molar-refractivity contribution in [1.29, 1.82) is 0 Å². The average molecular weight is 236 g/mol. The van der Waals surface area contributed by atoms with Gasteiger partial charge in [-0.2, -0.15) is 0 Å². The molecule has 0 aliphatic carbocycles. The van der Waals surface area contributed by atoms with E-state index in [4.69, 9.17) is 5.11 Å². The van der Waals surface area contributed by atoms with Gasteiger partial charge in [0.1, 0.15) is 5.69 Å². The number of rotatable bonds is 5. The summed E-state index contributed by atoms with van der Waals surface area (Å²) in [5.41, 5.74) is -0.233. The third-order valence-corrected chi connectivity index (χ3v) is 2.31. The van der Waals surface area contributed by atoms with Crippen molar-refractivity contribution in [2.24, 2.45) is 0 Å². The lowest BCUT2D eigenvalue weighted by Crippen LogP contribution is -2.44. The zero-order valence-electron chi connectivity index (χ0n) is 9.93. The fourth-order valence-corrected chi connectivity index (χ4v) is 1.35. The van der Waals surface area contributed by atoms with E-state index in [9.17, 15) is 9.59 Å². The molecule has 1 aromatic heterocycles. The summed E-state index contributed by atoms with van der Waals surface area (Å²) in [6.45, 7) is 3.58. The molecule has 0 aliphatic heterocycles. The Bertz CT molecular complexity index is 401. The van der Waals surface area contributed by atoms with Crippen LogP contribution in [0.25, 0.3) is 0 Å². The van der Waals surface area contributed by atoms with Crippen LogP contribution in [-0.4, -0.2) is 27.5 Å². The van der Waals surface area contributed by atoms with Gasteiger partial charge in [0.2, 0.25) is 0 Å². The highest BCUT2D eigenvalue weighted by atomic mass is 16.4. The highest BCUT2D eigenvalue weighted by Crippen LogP contribution is 2.12. The van der Waals surface area contributed by atoms with Crippen molar-refractivity contribution in [3.63, 3.8) is 0 Å². The van der Waals surface area contributed by atoms with Crippen molar-refractivity contribution in [3.8, 4) is 0 Å². The van der Waals surface area contributed by atoms with Crippen LogP contribution >= 0.6 is 0 Å². The van der Waals surface area contributed by atoms with Gasteiger partial charge in [-0.25, -0.2) is 0 Å². The predicted molar refractivity (Wildman–Crippen MR) is 62.7 cm³/mol. The van der Waals surface area contributed by atoms with Crippen LogP contribution in [0.2, 0.25) is 0 Å². The van der Waals surface area contributed by atoms with Crippen molar-refractivity contribution in [2.45, 2.75) is 32.2 Å². The molecule has 0 fully saturated rings. The molecule has 0 bridgehead atoms. The molecule has 0 radical (unpaired) electrons. The van der Waals surface area contributed by atoms with E-state index >= 15 is 0 Å². The number of amides is 1. The lowest BCUT2D eigenvalue weighted by atomic mass is 9.98. The lowest BCUT2D eigenvalue weighted by Gasteiger charge is -2.25. The first-order valence-electron chi connectivity index (χ1n) is 5.36. The monoisotopic (exact) mass is 236 g/mol. The van der Waals surface area contributed by atoms with Gasteiger partial charge in [0.25, 0.3) is 5.91 Å². The minimum Gasteiger partial charge on any atom is -0.481 e. The number of carboxylic acids is 1. The van der Waals surface area contributed by atoms with Gasteiger partial charge < -0.3 is 10.4 Å². The summed E-state index contributed by atoms with van der Waals surface area (Å²) in [7, 11) is 0. The second-order valence-electron chi connectivity index (χ2n) is 4.45. The summed E-state index contributed by atoms with van der Waals surface area (Å²) in [6.07, 6.45) is 1.94. The molecule has 5 nitrogen and oxygen atoms in total. The van der Waals surface area contributed by atoms with Crippen molar-refractivity contribution in [3.05, 3.63) is 30.1 Å². The van der Waals surface area contributed by atoms with E-state index in [0.717, 1.165) is 0 Å². The molecule has 5 heteroatoms. The Morgan fingerprint density at radius 2 is 2.12 bits per heavy atom. The number of hydrogen-bond acceptors (Lipinski definition) is 3. The molecule has 0 spiro atoms. The Morgan fingerprint density at radius 1 is 1.41 bits per heavy atom. The summed E-state index contributed by atoms with van der Waals surface area (Å²) >= 11 is 0. The van der Waals surface area contributed by atoms with E-state index < -0.39 is 11.5 Å². The van der Waals surface area contributed by atoms with Crippen LogP contribution < -0.4 is 5.32 Å². The van der Waals surface area contributed by atoms with E-state index in [1.165, 1.54) is 0 Å². The first kappa shape index (κ1) is 13.2. The standard InChI is InChI=1S/C12H16N2O3/c1-12(2,7-6-10(15)16)14-11(17)9-5-3-4-8-13-9/h3-5,8H,6-7H2,1-2H3,(H,14,17)(H,15,16). The topological polar surface area (TPSA) is 79.3 Å². The number of carboxylic acid groups (broad SMARTS) is 1. The molecule has 2 N–H and O–H groups in total. The molecule has 92 valence electrons. The molecular weight excluding hydrogens is 220 g/mol. The molecular formula is C12H16N2O3. The summed E-state index contributed by atoms with van der Waals surface area (Å²) in [5, 5.41) is 11.4. The number of carbonyl (C=O) groups is 2. The fourth-order valence-electron chi connectivity index (χ4n) is 1.35. The van der Waals surface area contributed by atoms with Crippen LogP contribution in [0.5, 0.6) is 0 Å². The van der Waals surface area contributed by atoms with Crippen molar-refractivity contribution < 1.29 is 14.7 Å². The van der Waals surface area contributed by atoms with Gasteiger partial charge in [-0.05, 0) is 32.4 Å². The van der Waals surface area contributed by atoms with Crippen LogP contribution in [-0.2, 0) is 4.79 Å². The molecule has 0 aromatic carbocycles. The molecule has 0 saturated carbocycles. The summed E-state index contributed by atoms with van der Waals surface area (Å²) in [4.78, 5) is 26.2. The van der Waals surface area contributed by atoms with Gasteiger partial charge in [0.15, 0.2) is 0 Å². The van der Waals surface area contributed by atoms with Gasteiger partial charge in [0, 0.05) is 18.2 Å². The quantitative estimate of drug-likeness (QED) is 0.811. The van der Waals surface area contributed by atoms with Gasteiger partial charge in [0.05, 0.1) is 0 Å². The van der Waals surface area contributed by atoms with Gasteiger partial charge >= 0.3 is 5.97 Å². The minimum atomic E-state index is -0.870. The maximum atomic E-state index is 11.8. The number of pyridine rings is 1. The largest absolute Gasteiger partial charge is 0.481 e. The van der Waals surface area contributed by atoms with Crippen LogP contribution in [0.15, 0.2) is 24.4 Å². The molecule has 0 unspecified atom stereocenters. The first-order chi connectivity index (χ1) is 7.91. The Hall–Kier alpha value is -1.91. The van der Waals surface area contributed by atoms with Crippen molar-refractivity contribution >= 4 is 11.9 Å². The average Bonchev–Trinajstić information content (AvgIpc) is 2.27. The van der Waals surface area contributed by atoms with Gasteiger partial charge in [-0.1, -0.05) is 6.07 Å². The Morgan fingerprint density at radius 3 is 2.65 bits per heavy atom. The molecule has 1 amide bonds. The second-order valence-corrected chi connectivity index (χ2v) is 4.45. The molecule has 0 saturated heterocycles. The third-order valence-electron chi connectivity index (χ3n) is 2.31. The van der Waals surface area contributed by atoms with Crippen molar-refractivity contribution in [2.75, 3.05) is 0 Å². The van der Waals surface area contributed by atoms with E-state index in [1.807, 2.05) is 0 Å². The number of hydrogen-bond donors (Lipinski definition) is 2. The van der Waals surface area contributed by atoms with Crippen LogP contribution in [0.4, 0.5) is 0 Å². The maximum Gasteiger partial charge on any atom is 0.303 e. The number of aromatic nitrogens is 1. The molecule has 1 rings (SSSR count). The van der Waals surface area contributed by atoms with E-state index in [-0.39, 0.29) is 12.3 Å². The number of nitrogens with one attached hydrogen (secondary N) is 1. The molecule has 0 atom stereocenters. The first-order valence-corrected chi connectivity index (χ1v) is 5.36. The molecule has 0 aliphatic rings. The van der Waals surface area contributed by atoms with Gasteiger partial charge in [-0.15, -0.1) is 0 Å². The SMILES string of the molecule is CC(C)(CCC(=O)O)NC(=O)c1ccccn1. The molecule has 1 aromatic rings. The van der Waals surface area contributed by atoms with Crippen LogP contribution in [0.3, 0.4) is 0 Å². The highest BCUT2D eigenvalue weighted by molar-refractivity contribution is 5.92. The molecule has 17 heavy (non-hydrogen) atoms. The Kier molecular flexibility index (Phi) is 4.20. The number of aliphatic carboxylic acids is 1. The second kappa shape index (κ2) is 5.43. The minimum absolute atomic E-state index is 0.0233. The zero-order valence-corrected chi connectivity index (χ0v) is 9.93. The summed E-state index contributed by atoms with van der Waals surface area (Å²) in [5.74, 6) is -1.16. The molecule has 1 heterocycles. The highest BCUT2D eigenvalue weighted by Gasteiger charge is 2.22. The Labute approximate surface area is 99.9 Å². The van der Waals surface area contributed by atoms with Crippen LogP contribution in [0.1, 0.15) is 37.2 Å².